The van der Waals surface area contributed by atoms with Crippen LogP contribution in [0.3, 0.4) is 0 Å². The Morgan fingerprint density at radius 1 is 1.24 bits per heavy atom. The summed E-state index contributed by atoms with van der Waals surface area (Å²) in [6.45, 7) is 1.11. The Bertz CT molecular complexity index is 750. The molecule has 1 aliphatic heterocycles. The fraction of sp³-hybridized carbons (Fsp3) is 0.350. The zero-order valence-corrected chi connectivity index (χ0v) is 14.3. The third-order valence-electron chi connectivity index (χ3n) is 4.81. The van der Waals surface area contributed by atoms with Crippen molar-refractivity contribution >= 4 is 5.91 Å². The molecule has 1 amide bonds. The van der Waals surface area contributed by atoms with Crippen LogP contribution in [0.25, 0.3) is 0 Å². The van der Waals surface area contributed by atoms with Gasteiger partial charge < -0.3 is 15.4 Å². The summed E-state index contributed by atoms with van der Waals surface area (Å²) in [4.78, 5) is 14.3. The van der Waals surface area contributed by atoms with Crippen LogP contribution in [-0.4, -0.2) is 37.0 Å². The fourth-order valence-corrected chi connectivity index (χ4v) is 3.36. The van der Waals surface area contributed by atoms with E-state index in [9.17, 15) is 9.18 Å². The molecule has 1 heterocycles. The number of aryl methyl sites for hydroxylation is 1. The molecule has 1 aliphatic rings. The lowest BCUT2D eigenvalue weighted by Crippen LogP contribution is -2.32. The minimum absolute atomic E-state index is 0.0177. The molecule has 2 N–H and O–H groups in total. The topological polar surface area (TPSA) is 55.6 Å². The van der Waals surface area contributed by atoms with Crippen molar-refractivity contribution in [2.75, 3.05) is 20.2 Å². The van der Waals surface area contributed by atoms with Crippen molar-refractivity contribution in [3.05, 3.63) is 65.5 Å². The Labute approximate surface area is 147 Å². The number of hydrogen-bond acceptors (Lipinski definition) is 3. The van der Waals surface area contributed by atoms with Gasteiger partial charge in [0.15, 0.2) is 0 Å². The highest BCUT2D eigenvalue weighted by Crippen LogP contribution is 2.29. The third-order valence-corrected chi connectivity index (χ3v) is 4.81. The zero-order chi connectivity index (χ0) is 17.8. The van der Waals surface area contributed by atoms with Gasteiger partial charge in [-0.15, -0.1) is 0 Å². The number of methoxy groups -OCH3 is 1. The molecule has 0 aromatic heterocycles. The van der Waals surface area contributed by atoms with Crippen LogP contribution < -0.4 is 10.5 Å². The number of hydrogen-bond donors (Lipinski definition) is 1. The van der Waals surface area contributed by atoms with Gasteiger partial charge in [0, 0.05) is 31.5 Å². The van der Waals surface area contributed by atoms with E-state index in [1.54, 1.807) is 30.2 Å². The number of nitrogens with zero attached hydrogens (tertiary/aromatic N) is 1. The number of likely N-dealkylation sites (tertiary alicyclic amines) is 1. The maximum atomic E-state index is 13.7. The molecule has 0 unspecified atom stereocenters. The van der Waals surface area contributed by atoms with Gasteiger partial charge in [0.25, 0.3) is 0 Å². The molecule has 5 heteroatoms. The molecule has 0 bridgehead atoms. The van der Waals surface area contributed by atoms with Crippen molar-refractivity contribution in [3.63, 3.8) is 0 Å². The van der Waals surface area contributed by atoms with Crippen LogP contribution in [0.5, 0.6) is 5.75 Å². The van der Waals surface area contributed by atoms with Gasteiger partial charge in [-0.05, 0) is 35.7 Å². The summed E-state index contributed by atoms with van der Waals surface area (Å²) in [5.74, 6) is 0.633. The SMILES string of the molecule is COc1cccc([C@H]2CN(C(=O)CCc3ccccc3F)C[C@@H]2N)c1. The fourth-order valence-electron chi connectivity index (χ4n) is 3.36. The van der Waals surface area contributed by atoms with E-state index in [0.29, 0.717) is 31.5 Å². The quantitative estimate of drug-likeness (QED) is 0.909. The molecule has 0 spiro atoms. The Kier molecular flexibility index (Phi) is 5.34. The van der Waals surface area contributed by atoms with Crippen LogP contribution in [0, 0.1) is 5.82 Å². The van der Waals surface area contributed by atoms with Crippen LogP contribution in [0.4, 0.5) is 4.39 Å². The molecule has 4 nitrogen and oxygen atoms in total. The first-order valence-electron chi connectivity index (χ1n) is 8.49. The summed E-state index contributed by atoms with van der Waals surface area (Å²) < 4.78 is 18.9. The van der Waals surface area contributed by atoms with E-state index < -0.39 is 0 Å². The summed E-state index contributed by atoms with van der Waals surface area (Å²) in [6, 6.07) is 14.3. The zero-order valence-electron chi connectivity index (χ0n) is 14.3. The highest BCUT2D eigenvalue weighted by molar-refractivity contribution is 5.77. The summed E-state index contributed by atoms with van der Waals surface area (Å²) >= 11 is 0. The lowest BCUT2D eigenvalue weighted by Gasteiger charge is -2.17. The van der Waals surface area contributed by atoms with Crippen LogP contribution >= 0.6 is 0 Å². The average molecular weight is 342 g/mol. The van der Waals surface area contributed by atoms with Gasteiger partial charge >= 0.3 is 0 Å². The molecule has 25 heavy (non-hydrogen) atoms. The smallest absolute Gasteiger partial charge is 0.222 e. The van der Waals surface area contributed by atoms with E-state index in [4.69, 9.17) is 10.5 Å². The van der Waals surface area contributed by atoms with Crippen LogP contribution in [0.2, 0.25) is 0 Å². The van der Waals surface area contributed by atoms with Crippen molar-refractivity contribution in [2.24, 2.45) is 5.73 Å². The molecule has 1 fully saturated rings. The molecule has 2 aromatic rings. The van der Waals surface area contributed by atoms with Crippen molar-refractivity contribution in [1.29, 1.82) is 0 Å². The van der Waals surface area contributed by atoms with Gasteiger partial charge in [-0.1, -0.05) is 30.3 Å². The van der Waals surface area contributed by atoms with E-state index in [2.05, 4.69) is 0 Å². The number of carbonyl (C=O) groups excluding carboxylic acids is 1. The third kappa shape index (κ3) is 3.99. The Morgan fingerprint density at radius 3 is 2.80 bits per heavy atom. The van der Waals surface area contributed by atoms with E-state index in [1.165, 1.54) is 6.07 Å². The first kappa shape index (κ1) is 17.4. The van der Waals surface area contributed by atoms with Crippen molar-refractivity contribution in [2.45, 2.75) is 24.8 Å². The van der Waals surface area contributed by atoms with Gasteiger partial charge in [-0.2, -0.15) is 0 Å². The molecular formula is C20H23FN2O2. The Morgan fingerprint density at radius 2 is 2.04 bits per heavy atom. The molecule has 132 valence electrons. The molecule has 1 saturated heterocycles. The summed E-state index contributed by atoms with van der Waals surface area (Å²) in [7, 11) is 1.63. The molecular weight excluding hydrogens is 319 g/mol. The van der Waals surface area contributed by atoms with E-state index >= 15 is 0 Å². The number of halogens is 1. The summed E-state index contributed by atoms with van der Waals surface area (Å²) in [5, 5.41) is 0. The summed E-state index contributed by atoms with van der Waals surface area (Å²) in [6.07, 6.45) is 0.694. The van der Waals surface area contributed by atoms with Crippen LogP contribution in [0.1, 0.15) is 23.5 Å². The molecule has 2 aromatic carbocycles. The highest BCUT2D eigenvalue weighted by atomic mass is 19.1. The molecule has 3 rings (SSSR count). The lowest BCUT2D eigenvalue weighted by atomic mass is 9.95. The van der Waals surface area contributed by atoms with Crippen LogP contribution in [0.15, 0.2) is 48.5 Å². The van der Waals surface area contributed by atoms with Gasteiger partial charge in [0.2, 0.25) is 5.91 Å². The number of amides is 1. The van der Waals surface area contributed by atoms with Gasteiger partial charge in [-0.25, -0.2) is 4.39 Å². The maximum absolute atomic E-state index is 13.7. The van der Waals surface area contributed by atoms with Crippen molar-refractivity contribution < 1.29 is 13.9 Å². The molecule has 0 aliphatic carbocycles. The van der Waals surface area contributed by atoms with E-state index in [-0.39, 0.29) is 23.7 Å². The Hall–Kier alpha value is -2.40. The summed E-state index contributed by atoms with van der Waals surface area (Å²) in [5.41, 5.74) is 7.92. The lowest BCUT2D eigenvalue weighted by molar-refractivity contribution is -0.130. The second-order valence-corrected chi connectivity index (χ2v) is 6.44. The molecule has 0 saturated carbocycles. The largest absolute Gasteiger partial charge is 0.497 e. The van der Waals surface area contributed by atoms with Gasteiger partial charge in [0.05, 0.1) is 7.11 Å². The minimum atomic E-state index is -0.261. The molecule has 2 atom stereocenters. The number of ether oxygens (including phenoxy) is 1. The second-order valence-electron chi connectivity index (χ2n) is 6.44. The first-order chi connectivity index (χ1) is 12.1. The number of nitrogens with two attached hydrogens (primary N) is 1. The standard InChI is InChI=1S/C20H23FN2O2/c1-25-16-7-4-6-15(11-16)17-12-23(13-19(17)22)20(24)10-9-14-5-2-3-8-18(14)21/h2-8,11,17,19H,9-10,12-13,22H2,1H3/t17-,19+/m1/s1. The van der Waals surface area contributed by atoms with Crippen LogP contribution in [-0.2, 0) is 11.2 Å². The monoisotopic (exact) mass is 342 g/mol. The first-order valence-corrected chi connectivity index (χ1v) is 8.49. The Balaban J connectivity index is 1.62. The predicted molar refractivity (Wildman–Crippen MR) is 95.0 cm³/mol. The van der Waals surface area contributed by atoms with E-state index in [0.717, 1.165) is 11.3 Å². The van der Waals surface area contributed by atoms with Gasteiger partial charge in [0.1, 0.15) is 11.6 Å². The maximum Gasteiger partial charge on any atom is 0.222 e. The van der Waals surface area contributed by atoms with Crippen molar-refractivity contribution in [3.8, 4) is 5.75 Å². The van der Waals surface area contributed by atoms with Crippen molar-refractivity contribution in [1.82, 2.24) is 4.90 Å². The van der Waals surface area contributed by atoms with E-state index in [1.807, 2.05) is 24.3 Å². The number of rotatable bonds is 5. The normalized spacial score (nSPS) is 19.9. The minimum Gasteiger partial charge on any atom is -0.497 e. The second kappa shape index (κ2) is 7.66. The average Bonchev–Trinajstić information content (AvgIpc) is 3.03. The van der Waals surface area contributed by atoms with Gasteiger partial charge in [-0.3, -0.25) is 4.79 Å². The number of carbonyl (C=O) groups is 1. The molecule has 0 radical (unpaired) electrons. The number of benzene rings is 2. The predicted octanol–water partition coefficient (Wildman–Crippen LogP) is 2.72. The highest BCUT2D eigenvalue weighted by Gasteiger charge is 2.33.